The lowest BCUT2D eigenvalue weighted by Crippen LogP contribution is -2.20. The molecule has 4 heteroatoms. The fraction of sp³-hybridized carbons (Fsp3) is 0.538. The van der Waals surface area contributed by atoms with Crippen molar-refractivity contribution in [3.8, 4) is 0 Å². The molecule has 0 amide bonds. The lowest BCUT2D eigenvalue weighted by atomic mass is 10.1. The van der Waals surface area contributed by atoms with Gasteiger partial charge in [-0.3, -0.25) is 9.78 Å². The van der Waals surface area contributed by atoms with Crippen LogP contribution in [0.5, 0.6) is 0 Å². The van der Waals surface area contributed by atoms with Crippen molar-refractivity contribution in [3.05, 3.63) is 30.1 Å². The van der Waals surface area contributed by atoms with Gasteiger partial charge in [0.15, 0.2) is 0 Å². The highest BCUT2D eigenvalue weighted by Gasteiger charge is 2.04. The van der Waals surface area contributed by atoms with Crippen molar-refractivity contribution in [1.82, 2.24) is 10.3 Å². The smallest absolute Gasteiger partial charge is 0.303 e. The van der Waals surface area contributed by atoms with Crippen molar-refractivity contribution in [3.63, 3.8) is 0 Å². The number of aromatic nitrogens is 1. The molecule has 0 radical (unpaired) electrons. The molecule has 17 heavy (non-hydrogen) atoms. The average molecular weight is 236 g/mol. The molecule has 0 aliphatic carbocycles. The summed E-state index contributed by atoms with van der Waals surface area (Å²) >= 11 is 0. The molecule has 0 aliphatic rings. The van der Waals surface area contributed by atoms with Gasteiger partial charge < -0.3 is 10.4 Å². The van der Waals surface area contributed by atoms with Crippen LogP contribution in [0.1, 0.15) is 44.3 Å². The van der Waals surface area contributed by atoms with Crippen molar-refractivity contribution in [1.29, 1.82) is 0 Å². The van der Waals surface area contributed by atoms with Crippen molar-refractivity contribution >= 4 is 5.97 Å². The third kappa shape index (κ3) is 6.02. The minimum absolute atomic E-state index is 0.246. The summed E-state index contributed by atoms with van der Waals surface area (Å²) in [5.41, 5.74) is 1.04. The van der Waals surface area contributed by atoms with Crippen LogP contribution in [0.25, 0.3) is 0 Å². The minimum Gasteiger partial charge on any atom is -0.481 e. The molecule has 0 unspecified atom stereocenters. The van der Waals surface area contributed by atoms with Crippen LogP contribution in [0.2, 0.25) is 0 Å². The molecule has 1 aromatic rings. The number of carbonyl (C=O) groups is 1. The molecule has 0 aromatic carbocycles. The molecule has 0 saturated heterocycles. The van der Waals surface area contributed by atoms with Gasteiger partial charge in [-0.15, -0.1) is 0 Å². The molecule has 0 fully saturated rings. The quantitative estimate of drug-likeness (QED) is 0.680. The van der Waals surface area contributed by atoms with E-state index in [4.69, 9.17) is 5.11 Å². The minimum atomic E-state index is -0.709. The van der Waals surface area contributed by atoms with Crippen LogP contribution in [-0.4, -0.2) is 22.6 Å². The zero-order valence-corrected chi connectivity index (χ0v) is 10.2. The molecular formula is C13H20N2O2. The molecule has 1 heterocycles. The number of nitrogens with zero attached hydrogens (tertiary/aromatic N) is 1. The van der Waals surface area contributed by atoms with Crippen molar-refractivity contribution in [2.24, 2.45) is 0 Å². The van der Waals surface area contributed by atoms with Gasteiger partial charge >= 0.3 is 5.97 Å². The number of rotatable bonds is 8. The molecule has 4 nitrogen and oxygen atoms in total. The zero-order valence-electron chi connectivity index (χ0n) is 10.2. The Hall–Kier alpha value is -1.42. The topological polar surface area (TPSA) is 62.2 Å². The first-order valence-electron chi connectivity index (χ1n) is 6.06. The van der Waals surface area contributed by atoms with Gasteiger partial charge in [-0.2, -0.15) is 0 Å². The summed E-state index contributed by atoms with van der Waals surface area (Å²) in [6.07, 6.45) is 4.78. The summed E-state index contributed by atoms with van der Waals surface area (Å²) in [6.45, 7) is 2.98. The Balaban J connectivity index is 2.09. The largest absolute Gasteiger partial charge is 0.481 e. The van der Waals surface area contributed by atoms with Gasteiger partial charge in [-0.1, -0.05) is 12.5 Å². The normalized spacial score (nSPS) is 12.3. The van der Waals surface area contributed by atoms with E-state index >= 15 is 0 Å². The summed E-state index contributed by atoms with van der Waals surface area (Å²) < 4.78 is 0. The van der Waals surface area contributed by atoms with E-state index in [9.17, 15) is 4.79 Å². The number of hydrogen-bond donors (Lipinski definition) is 2. The van der Waals surface area contributed by atoms with E-state index in [0.717, 1.165) is 31.5 Å². The van der Waals surface area contributed by atoms with Crippen LogP contribution in [0.15, 0.2) is 24.4 Å². The number of unbranched alkanes of at least 4 members (excludes halogenated alkanes) is 2. The van der Waals surface area contributed by atoms with Crippen LogP contribution in [0, 0.1) is 0 Å². The van der Waals surface area contributed by atoms with E-state index < -0.39 is 5.97 Å². The zero-order chi connectivity index (χ0) is 12.5. The average Bonchev–Trinajstić information content (AvgIpc) is 2.34. The molecule has 0 saturated carbocycles. The second-order valence-electron chi connectivity index (χ2n) is 4.13. The number of carboxylic acid groups (broad SMARTS) is 1. The summed E-state index contributed by atoms with van der Waals surface area (Å²) in [6, 6.07) is 6.13. The fourth-order valence-electron chi connectivity index (χ4n) is 1.63. The van der Waals surface area contributed by atoms with Gasteiger partial charge in [0.05, 0.1) is 5.69 Å². The van der Waals surface area contributed by atoms with Crippen molar-refractivity contribution in [2.75, 3.05) is 6.54 Å². The molecule has 0 spiro atoms. The van der Waals surface area contributed by atoms with Gasteiger partial charge in [0, 0.05) is 18.7 Å². The number of aliphatic carboxylic acids is 1. The summed E-state index contributed by atoms with van der Waals surface area (Å²) in [5, 5.41) is 11.9. The highest BCUT2D eigenvalue weighted by Crippen LogP contribution is 2.08. The van der Waals surface area contributed by atoms with Gasteiger partial charge in [0.25, 0.3) is 0 Å². The second kappa shape index (κ2) is 7.79. The van der Waals surface area contributed by atoms with E-state index in [1.54, 1.807) is 6.20 Å². The molecule has 94 valence electrons. The maximum atomic E-state index is 10.3. The molecular weight excluding hydrogens is 216 g/mol. The SMILES string of the molecule is C[C@@H](NCCCCCC(=O)O)c1ccccn1. The number of pyridine rings is 1. The predicted octanol–water partition coefficient (Wildman–Crippen LogP) is 2.38. The highest BCUT2D eigenvalue weighted by molar-refractivity contribution is 5.66. The molecule has 0 aliphatic heterocycles. The Kier molecular flexibility index (Phi) is 6.25. The van der Waals surface area contributed by atoms with Gasteiger partial charge in [-0.25, -0.2) is 0 Å². The third-order valence-corrected chi connectivity index (χ3v) is 2.65. The van der Waals surface area contributed by atoms with Crippen molar-refractivity contribution in [2.45, 2.75) is 38.6 Å². The van der Waals surface area contributed by atoms with Crippen LogP contribution in [0.3, 0.4) is 0 Å². The van der Waals surface area contributed by atoms with Gasteiger partial charge in [0.2, 0.25) is 0 Å². The number of carboxylic acids is 1. The van der Waals surface area contributed by atoms with E-state index in [-0.39, 0.29) is 12.5 Å². The van der Waals surface area contributed by atoms with E-state index in [1.807, 2.05) is 18.2 Å². The van der Waals surface area contributed by atoms with Crippen molar-refractivity contribution < 1.29 is 9.90 Å². The molecule has 1 atom stereocenters. The number of hydrogen-bond acceptors (Lipinski definition) is 3. The predicted molar refractivity (Wildman–Crippen MR) is 66.8 cm³/mol. The Morgan fingerprint density at radius 3 is 2.88 bits per heavy atom. The first-order valence-corrected chi connectivity index (χ1v) is 6.06. The Labute approximate surface area is 102 Å². The van der Waals surface area contributed by atoms with Gasteiger partial charge in [0.1, 0.15) is 0 Å². The third-order valence-electron chi connectivity index (χ3n) is 2.65. The second-order valence-corrected chi connectivity index (χ2v) is 4.13. The summed E-state index contributed by atoms with van der Waals surface area (Å²) in [5.74, 6) is -0.709. The van der Waals surface area contributed by atoms with Crippen LogP contribution < -0.4 is 5.32 Å². The maximum absolute atomic E-state index is 10.3. The lowest BCUT2D eigenvalue weighted by Gasteiger charge is -2.12. The molecule has 0 bridgehead atoms. The Morgan fingerprint density at radius 2 is 2.24 bits per heavy atom. The fourth-order valence-corrected chi connectivity index (χ4v) is 1.63. The maximum Gasteiger partial charge on any atom is 0.303 e. The lowest BCUT2D eigenvalue weighted by molar-refractivity contribution is -0.137. The summed E-state index contributed by atoms with van der Waals surface area (Å²) in [4.78, 5) is 14.6. The number of nitrogens with one attached hydrogen (secondary N) is 1. The van der Waals surface area contributed by atoms with E-state index in [2.05, 4.69) is 17.2 Å². The first kappa shape index (κ1) is 13.6. The Morgan fingerprint density at radius 1 is 1.41 bits per heavy atom. The summed E-state index contributed by atoms with van der Waals surface area (Å²) in [7, 11) is 0. The van der Waals surface area contributed by atoms with Crippen LogP contribution in [-0.2, 0) is 4.79 Å². The first-order chi connectivity index (χ1) is 8.20. The van der Waals surface area contributed by atoms with Crippen LogP contribution in [0.4, 0.5) is 0 Å². The highest BCUT2D eigenvalue weighted by atomic mass is 16.4. The van der Waals surface area contributed by atoms with E-state index in [0.29, 0.717) is 0 Å². The standard InChI is InChI=1S/C13H20N2O2/c1-11(12-7-4-6-10-15-12)14-9-5-2-3-8-13(16)17/h4,6-7,10-11,14H,2-3,5,8-9H2,1H3,(H,16,17)/t11-/m1/s1. The molecule has 1 rings (SSSR count). The monoisotopic (exact) mass is 236 g/mol. The Bertz CT molecular complexity index is 327. The molecule has 2 N–H and O–H groups in total. The van der Waals surface area contributed by atoms with E-state index in [1.165, 1.54) is 0 Å². The molecule has 1 aromatic heterocycles. The van der Waals surface area contributed by atoms with Gasteiger partial charge in [-0.05, 0) is 38.4 Å². The van der Waals surface area contributed by atoms with Crippen LogP contribution >= 0.6 is 0 Å².